The molecule has 17 heavy (non-hydrogen) atoms. The fourth-order valence-electron chi connectivity index (χ4n) is 3.05. The van der Waals surface area contributed by atoms with Crippen LogP contribution < -0.4 is 10.5 Å². The lowest BCUT2D eigenvalue weighted by Gasteiger charge is -2.43. The molecule has 0 heterocycles. The van der Waals surface area contributed by atoms with Gasteiger partial charge in [-0.15, -0.1) is 0 Å². The van der Waals surface area contributed by atoms with E-state index in [0.29, 0.717) is 0 Å². The minimum atomic E-state index is 0.211. The fourth-order valence-corrected chi connectivity index (χ4v) is 3.52. The second-order valence-corrected chi connectivity index (χ2v) is 5.84. The van der Waals surface area contributed by atoms with E-state index in [1.165, 1.54) is 36.0 Å². The molecule has 0 spiro atoms. The topological polar surface area (TPSA) is 35.2 Å². The maximum Gasteiger partial charge on any atom is 0.133 e. The largest absolute Gasteiger partial charge is 0.496 e. The standard InChI is InChI=1S/C14H20BrNO/c1-9-7-11(17-3)13(15)10(2)12(9)14(8-16)5-4-6-14/h7H,4-6,8,16H2,1-3H3. The molecule has 1 aliphatic rings. The fraction of sp³-hybridized carbons (Fsp3) is 0.571. The van der Waals surface area contributed by atoms with Crippen molar-refractivity contribution < 1.29 is 4.74 Å². The van der Waals surface area contributed by atoms with Gasteiger partial charge in [0.05, 0.1) is 11.6 Å². The van der Waals surface area contributed by atoms with Gasteiger partial charge < -0.3 is 10.5 Å². The molecule has 0 amide bonds. The summed E-state index contributed by atoms with van der Waals surface area (Å²) in [6, 6.07) is 2.11. The van der Waals surface area contributed by atoms with Crippen LogP contribution in [-0.2, 0) is 5.41 Å². The first-order valence-electron chi connectivity index (χ1n) is 6.10. The molecule has 1 fully saturated rings. The molecule has 0 saturated heterocycles. The monoisotopic (exact) mass is 297 g/mol. The molecule has 0 radical (unpaired) electrons. The Morgan fingerprint density at radius 3 is 2.47 bits per heavy atom. The third kappa shape index (κ3) is 1.89. The van der Waals surface area contributed by atoms with Crippen LogP contribution in [0.3, 0.4) is 0 Å². The molecule has 2 N–H and O–H groups in total. The Morgan fingerprint density at radius 1 is 1.41 bits per heavy atom. The Kier molecular flexibility index (Phi) is 3.50. The van der Waals surface area contributed by atoms with Gasteiger partial charge >= 0.3 is 0 Å². The van der Waals surface area contributed by atoms with Gasteiger partial charge in [0.2, 0.25) is 0 Å². The van der Waals surface area contributed by atoms with Gasteiger partial charge in [0.25, 0.3) is 0 Å². The predicted molar refractivity (Wildman–Crippen MR) is 74.8 cm³/mol. The summed E-state index contributed by atoms with van der Waals surface area (Å²) in [7, 11) is 1.71. The predicted octanol–water partition coefficient (Wildman–Crippen LogP) is 3.45. The van der Waals surface area contributed by atoms with Gasteiger partial charge in [-0.2, -0.15) is 0 Å². The lowest BCUT2D eigenvalue weighted by molar-refractivity contribution is 0.250. The van der Waals surface area contributed by atoms with E-state index in [2.05, 4.69) is 35.8 Å². The minimum Gasteiger partial charge on any atom is -0.496 e. The van der Waals surface area contributed by atoms with Crippen LogP contribution in [0.2, 0.25) is 0 Å². The molecule has 1 aliphatic carbocycles. The molecule has 94 valence electrons. The highest BCUT2D eigenvalue weighted by molar-refractivity contribution is 9.10. The molecule has 0 bridgehead atoms. The number of benzene rings is 1. The molecule has 2 rings (SSSR count). The van der Waals surface area contributed by atoms with Crippen LogP contribution >= 0.6 is 15.9 Å². The zero-order valence-corrected chi connectivity index (χ0v) is 12.4. The quantitative estimate of drug-likeness (QED) is 0.927. The van der Waals surface area contributed by atoms with Crippen molar-refractivity contribution in [3.8, 4) is 5.75 Å². The number of nitrogens with two attached hydrogens (primary N) is 1. The third-order valence-electron chi connectivity index (χ3n) is 4.11. The van der Waals surface area contributed by atoms with E-state index in [0.717, 1.165) is 16.8 Å². The Morgan fingerprint density at radius 2 is 2.06 bits per heavy atom. The van der Waals surface area contributed by atoms with Crippen molar-refractivity contribution in [1.29, 1.82) is 0 Å². The van der Waals surface area contributed by atoms with Gasteiger partial charge in [0.15, 0.2) is 0 Å². The van der Waals surface area contributed by atoms with Gasteiger partial charge in [0.1, 0.15) is 5.75 Å². The lowest BCUT2D eigenvalue weighted by atomic mass is 9.62. The van der Waals surface area contributed by atoms with E-state index in [1.54, 1.807) is 7.11 Å². The molecule has 3 heteroatoms. The van der Waals surface area contributed by atoms with E-state index in [4.69, 9.17) is 10.5 Å². The maximum atomic E-state index is 6.01. The molecule has 0 aromatic heterocycles. The van der Waals surface area contributed by atoms with E-state index in [9.17, 15) is 0 Å². The number of methoxy groups -OCH3 is 1. The van der Waals surface area contributed by atoms with E-state index in [1.807, 2.05) is 0 Å². The van der Waals surface area contributed by atoms with Crippen LogP contribution in [0.25, 0.3) is 0 Å². The van der Waals surface area contributed by atoms with E-state index < -0.39 is 0 Å². The number of rotatable bonds is 3. The molecular formula is C14H20BrNO. The van der Waals surface area contributed by atoms with Gasteiger partial charge in [-0.05, 0) is 65.4 Å². The van der Waals surface area contributed by atoms with Crippen molar-refractivity contribution in [2.75, 3.05) is 13.7 Å². The van der Waals surface area contributed by atoms with Crippen LogP contribution in [0.15, 0.2) is 10.5 Å². The first-order chi connectivity index (χ1) is 8.05. The van der Waals surface area contributed by atoms with Gasteiger partial charge in [0, 0.05) is 12.0 Å². The Hall–Kier alpha value is -0.540. The van der Waals surface area contributed by atoms with Crippen molar-refractivity contribution in [2.24, 2.45) is 5.73 Å². The molecule has 1 aromatic carbocycles. The van der Waals surface area contributed by atoms with Gasteiger partial charge in [-0.25, -0.2) is 0 Å². The SMILES string of the molecule is COc1cc(C)c(C2(CN)CCC2)c(C)c1Br. The van der Waals surface area contributed by atoms with Gasteiger partial charge in [-0.1, -0.05) is 6.42 Å². The molecule has 0 unspecified atom stereocenters. The van der Waals surface area contributed by atoms with Crippen LogP contribution in [0, 0.1) is 13.8 Å². The zero-order chi connectivity index (χ0) is 12.6. The second kappa shape index (κ2) is 4.62. The van der Waals surface area contributed by atoms with Crippen LogP contribution in [-0.4, -0.2) is 13.7 Å². The smallest absolute Gasteiger partial charge is 0.133 e. The Labute approximate surface area is 112 Å². The summed E-state index contributed by atoms with van der Waals surface area (Å²) in [6.45, 7) is 5.06. The average molecular weight is 298 g/mol. The highest BCUT2D eigenvalue weighted by atomic mass is 79.9. The molecule has 2 nitrogen and oxygen atoms in total. The highest BCUT2D eigenvalue weighted by Crippen LogP contribution is 2.48. The zero-order valence-electron chi connectivity index (χ0n) is 10.8. The summed E-state index contributed by atoms with van der Waals surface area (Å²) in [4.78, 5) is 0. The third-order valence-corrected chi connectivity index (χ3v) is 5.10. The van der Waals surface area contributed by atoms with E-state index in [-0.39, 0.29) is 5.41 Å². The number of hydrogen-bond acceptors (Lipinski definition) is 2. The number of halogens is 1. The van der Waals surface area contributed by atoms with Crippen molar-refractivity contribution in [3.05, 3.63) is 27.2 Å². The summed E-state index contributed by atoms with van der Waals surface area (Å²) in [5.74, 6) is 0.912. The van der Waals surface area contributed by atoms with Crippen LogP contribution in [0.1, 0.15) is 36.0 Å². The maximum absolute atomic E-state index is 6.01. The summed E-state index contributed by atoms with van der Waals surface area (Å²) >= 11 is 3.63. The van der Waals surface area contributed by atoms with Crippen molar-refractivity contribution in [2.45, 2.75) is 38.5 Å². The summed E-state index contributed by atoms with van der Waals surface area (Å²) in [6.07, 6.45) is 3.72. The normalized spacial score (nSPS) is 17.7. The molecule has 1 saturated carbocycles. The summed E-state index contributed by atoms with van der Waals surface area (Å²) < 4.78 is 6.45. The number of hydrogen-bond donors (Lipinski definition) is 1. The van der Waals surface area contributed by atoms with Crippen molar-refractivity contribution in [1.82, 2.24) is 0 Å². The molecule has 1 aromatic rings. The van der Waals surface area contributed by atoms with Gasteiger partial charge in [-0.3, -0.25) is 0 Å². The van der Waals surface area contributed by atoms with E-state index >= 15 is 0 Å². The van der Waals surface area contributed by atoms with Crippen LogP contribution in [0.4, 0.5) is 0 Å². The molecule has 0 aliphatic heterocycles. The summed E-state index contributed by atoms with van der Waals surface area (Å²) in [5.41, 5.74) is 10.2. The number of ether oxygens (including phenoxy) is 1. The Bertz CT molecular complexity index is 433. The first-order valence-corrected chi connectivity index (χ1v) is 6.89. The highest BCUT2D eigenvalue weighted by Gasteiger charge is 2.40. The van der Waals surface area contributed by atoms with Crippen LogP contribution in [0.5, 0.6) is 5.75 Å². The van der Waals surface area contributed by atoms with Crippen molar-refractivity contribution >= 4 is 15.9 Å². The minimum absolute atomic E-state index is 0.211. The van der Waals surface area contributed by atoms with Crippen molar-refractivity contribution in [3.63, 3.8) is 0 Å². The Balaban J connectivity index is 2.58. The molecular weight excluding hydrogens is 278 g/mol. The lowest BCUT2D eigenvalue weighted by Crippen LogP contribution is -2.42. The second-order valence-electron chi connectivity index (χ2n) is 5.05. The summed E-state index contributed by atoms with van der Waals surface area (Å²) in [5, 5.41) is 0. The number of aryl methyl sites for hydroxylation is 1. The molecule has 0 atom stereocenters. The average Bonchev–Trinajstić information content (AvgIpc) is 2.27. The first kappa shape index (κ1) is 12.9.